The SMILES string of the molecule is CC(C)(C)c1cc(C#Cc2ccc([N+](=O)[O-])cc2)c2c(c1)C(C)(C)c1cc(C(C)(C)C)cc(C#Cc3cc4ccc3CCc3ccc(c(C#Cc5cc(C(C)(C)C)cc6c5Oc5c(C#Cc7cc8ccc7CCc7ccc(cc7)CC8)cc(C(C)(C)C)cc5C6(C)C)c3)CC4)c1O2. The second-order valence-corrected chi connectivity index (χ2v) is 32.7. The Morgan fingerprint density at radius 2 is 0.577 bits per heavy atom. The van der Waals surface area contributed by atoms with Crippen LogP contribution in [0, 0.1) is 57.5 Å². The molecule has 97 heavy (non-hydrogen) atoms. The molecule has 2 heterocycles. The highest BCUT2D eigenvalue weighted by Gasteiger charge is 2.41. The van der Waals surface area contributed by atoms with Gasteiger partial charge in [0.1, 0.15) is 23.0 Å². The number of non-ortho nitro benzene ring substituents is 1. The molecule has 19 rings (SSSR count). The van der Waals surface area contributed by atoms with Gasteiger partial charge in [-0.15, -0.1) is 0 Å². The first kappa shape index (κ1) is 65.9. The van der Waals surface area contributed by atoms with Gasteiger partial charge in [-0.3, -0.25) is 10.1 Å². The molecule has 0 atom stereocenters. The summed E-state index contributed by atoms with van der Waals surface area (Å²) >= 11 is 0. The van der Waals surface area contributed by atoms with Crippen LogP contribution in [0.5, 0.6) is 23.0 Å². The van der Waals surface area contributed by atoms with Crippen LogP contribution in [0.2, 0.25) is 0 Å². The fraction of sp³-hybridized carbons (Fsp3) is 0.326. The van der Waals surface area contributed by atoms with Crippen LogP contribution in [0.15, 0.2) is 152 Å². The number of hydrogen-bond donors (Lipinski definition) is 0. The van der Waals surface area contributed by atoms with Crippen molar-refractivity contribution in [3.05, 3.63) is 295 Å². The van der Waals surface area contributed by atoms with Gasteiger partial charge in [0.2, 0.25) is 0 Å². The molecule has 9 aromatic rings. The van der Waals surface area contributed by atoms with E-state index < -0.39 is 10.8 Å². The molecule has 2 aliphatic heterocycles. The van der Waals surface area contributed by atoms with Crippen LogP contribution in [0.4, 0.5) is 5.69 Å². The number of ether oxygens (including phenoxy) is 2. The minimum absolute atomic E-state index is 0.0288. The van der Waals surface area contributed by atoms with Gasteiger partial charge in [0.15, 0.2) is 0 Å². The molecule has 0 N–H and O–H groups in total. The zero-order valence-electron chi connectivity index (χ0n) is 59.7. The number of aryl methyl sites for hydroxylation is 8. The number of nitrogens with zero attached hydrogens (tertiary/aromatic N) is 1. The summed E-state index contributed by atoms with van der Waals surface area (Å²) in [7, 11) is 0. The Morgan fingerprint density at radius 3 is 0.876 bits per heavy atom. The van der Waals surface area contributed by atoms with Gasteiger partial charge in [-0.1, -0.05) is 243 Å². The lowest BCUT2D eigenvalue weighted by Crippen LogP contribution is -2.28. The highest BCUT2D eigenvalue weighted by Crippen LogP contribution is 2.55. The first-order chi connectivity index (χ1) is 45.8. The molecule has 0 saturated heterocycles. The number of fused-ring (bicyclic) bond motifs is 4. The maximum atomic E-state index is 11.5. The Bertz CT molecular complexity index is 4990. The van der Waals surface area contributed by atoms with E-state index in [9.17, 15) is 10.1 Å². The van der Waals surface area contributed by atoms with Crippen LogP contribution in [-0.2, 0) is 83.9 Å². The monoisotopic (exact) mass is 1270 g/mol. The summed E-state index contributed by atoms with van der Waals surface area (Å²) in [6, 6.07) is 54.6. The Balaban J connectivity index is 0.840. The molecule has 8 aliphatic carbocycles. The zero-order valence-corrected chi connectivity index (χ0v) is 59.7. The fourth-order valence-corrected chi connectivity index (χ4v) is 14.0. The quantitative estimate of drug-likeness (QED) is 0.0933. The number of nitro groups is 1. The average Bonchev–Trinajstić information content (AvgIpc) is 0.729. The molecule has 0 fully saturated rings. The van der Waals surface area contributed by atoms with Crippen LogP contribution in [0.25, 0.3) is 0 Å². The van der Waals surface area contributed by atoms with Crippen molar-refractivity contribution in [3.8, 4) is 70.4 Å². The van der Waals surface area contributed by atoms with Gasteiger partial charge in [0.25, 0.3) is 5.69 Å². The van der Waals surface area contributed by atoms with E-state index in [0.717, 1.165) is 135 Å². The Kier molecular flexibility index (Phi) is 16.8. The van der Waals surface area contributed by atoms with Crippen molar-refractivity contribution in [2.45, 2.75) is 195 Å². The molecule has 0 saturated carbocycles. The molecular weight excluding hydrogens is 1180 g/mol. The van der Waals surface area contributed by atoms with Crippen molar-refractivity contribution in [2.24, 2.45) is 0 Å². The standard InChI is InChI=1S/C92H89NO4/c1-87(2,3)74-50-70(38-24-60-30-45-78(46-31-60)93(94)95)83-79(54-74)91(13,14)80-55-75(88(4,5)6)51-71(84(80)96-83)43-40-68-48-62-26-34-65(68)35-27-63-29-37-66(36-28-62)69(49-63)41-44-73-53-77(90(10,11)12)57-82-86(73)97-85-72(52-76(89(7,8)9)56-81(85)92(82,15)16)42-39-67-47-61-22-21-58-17-19-59(20-18-58)23-32-64(67)33-25-61/h17-20,25-26,29-31,33-34,37,45-57H,21-23,27-28,32,35-36H2,1-16H3. The van der Waals surface area contributed by atoms with Crippen LogP contribution in [0.3, 0.4) is 0 Å². The number of rotatable bonds is 1. The Morgan fingerprint density at radius 1 is 0.320 bits per heavy atom. The van der Waals surface area contributed by atoms with E-state index in [2.05, 4.69) is 286 Å². The van der Waals surface area contributed by atoms with Crippen molar-refractivity contribution in [3.63, 3.8) is 0 Å². The van der Waals surface area contributed by atoms with Crippen molar-refractivity contribution in [1.29, 1.82) is 0 Å². The normalized spacial score (nSPS) is 14.8. The Labute approximate surface area is 577 Å². The molecule has 5 nitrogen and oxygen atoms in total. The maximum Gasteiger partial charge on any atom is 0.269 e. The van der Waals surface area contributed by atoms with Crippen LogP contribution in [0.1, 0.15) is 244 Å². The molecule has 8 bridgehead atoms. The smallest absolute Gasteiger partial charge is 0.269 e. The second kappa shape index (κ2) is 24.7. The van der Waals surface area contributed by atoms with E-state index in [1.807, 2.05) is 0 Å². The van der Waals surface area contributed by atoms with E-state index >= 15 is 0 Å². The number of nitro benzene ring substituents is 1. The minimum atomic E-state index is -0.482. The van der Waals surface area contributed by atoms with E-state index in [4.69, 9.17) is 9.47 Å². The van der Waals surface area contributed by atoms with Gasteiger partial charge in [-0.2, -0.15) is 0 Å². The summed E-state index contributed by atoms with van der Waals surface area (Å²) in [6.07, 6.45) is 7.09. The molecule has 0 unspecified atom stereocenters. The maximum absolute atomic E-state index is 11.5. The lowest BCUT2D eigenvalue weighted by atomic mass is 9.70. The molecule has 10 aliphatic rings. The zero-order chi connectivity index (χ0) is 68.7. The summed E-state index contributed by atoms with van der Waals surface area (Å²) in [5, 5.41) is 11.5. The molecule has 0 amide bonds. The van der Waals surface area contributed by atoms with Crippen LogP contribution < -0.4 is 9.47 Å². The van der Waals surface area contributed by atoms with Gasteiger partial charge >= 0.3 is 0 Å². The number of benzene rings is 9. The molecule has 5 heteroatoms. The van der Waals surface area contributed by atoms with Gasteiger partial charge in [0.05, 0.1) is 27.2 Å². The first-order valence-corrected chi connectivity index (χ1v) is 34.7. The lowest BCUT2D eigenvalue weighted by Gasteiger charge is -2.38. The third kappa shape index (κ3) is 13.5. The van der Waals surface area contributed by atoms with Crippen LogP contribution in [-0.4, -0.2) is 4.92 Å². The predicted molar refractivity (Wildman–Crippen MR) is 397 cm³/mol. The van der Waals surface area contributed by atoms with E-state index in [1.165, 1.54) is 73.3 Å². The lowest BCUT2D eigenvalue weighted by molar-refractivity contribution is -0.384. The highest BCUT2D eigenvalue weighted by atomic mass is 16.6. The summed E-state index contributed by atoms with van der Waals surface area (Å²) in [6.45, 7) is 36.4. The molecule has 486 valence electrons. The molecule has 9 aromatic carbocycles. The van der Waals surface area contributed by atoms with E-state index in [1.54, 1.807) is 12.1 Å². The van der Waals surface area contributed by atoms with Gasteiger partial charge < -0.3 is 9.47 Å². The van der Waals surface area contributed by atoms with E-state index in [-0.39, 0.29) is 32.3 Å². The molecular formula is C92H89NO4. The average molecular weight is 1270 g/mol. The predicted octanol–water partition coefficient (Wildman–Crippen LogP) is 21.0. The van der Waals surface area contributed by atoms with Crippen molar-refractivity contribution in [1.82, 2.24) is 0 Å². The summed E-state index contributed by atoms with van der Waals surface area (Å²) in [4.78, 5) is 11.1. The van der Waals surface area contributed by atoms with Crippen LogP contribution >= 0.6 is 0 Å². The van der Waals surface area contributed by atoms with E-state index in [0.29, 0.717) is 11.3 Å². The van der Waals surface area contributed by atoms with Crippen molar-refractivity contribution in [2.75, 3.05) is 0 Å². The minimum Gasteiger partial charge on any atom is -0.454 e. The number of hydrogen-bond acceptors (Lipinski definition) is 4. The summed E-state index contributed by atoms with van der Waals surface area (Å²) < 4.78 is 14.6. The van der Waals surface area contributed by atoms with Gasteiger partial charge in [0, 0.05) is 67.5 Å². The molecule has 0 spiro atoms. The molecule has 0 radical (unpaired) electrons. The second-order valence-electron chi connectivity index (χ2n) is 32.7. The van der Waals surface area contributed by atoms with Crippen molar-refractivity contribution >= 4 is 5.69 Å². The molecule has 0 aromatic heterocycles. The fourth-order valence-electron chi connectivity index (χ4n) is 14.0. The Hall–Kier alpha value is -9.78. The topological polar surface area (TPSA) is 61.6 Å². The summed E-state index contributed by atoms with van der Waals surface area (Å²) in [5.74, 6) is 32.4. The van der Waals surface area contributed by atoms with Gasteiger partial charge in [-0.05, 0) is 194 Å². The third-order valence-electron chi connectivity index (χ3n) is 20.6. The largest absolute Gasteiger partial charge is 0.454 e. The summed E-state index contributed by atoms with van der Waals surface area (Å²) in [5.41, 5.74) is 25.1. The van der Waals surface area contributed by atoms with Crippen molar-refractivity contribution < 1.29 is 14.4 Å². The third-order valence-corrected chi connectivity index (χ3v) is 20.6. The first-order valence-electron chi connectivity index (χ1n) is 34.7. The highest BCUT2D eigenvalue weighted by molar-refractivity contribution is 5.72. The van der Waals surface area contributed by atoms with Gasteiger partial charge in [-0.25, -0.2) is 0 Å².